The van der Waals surface area contributed by atoms with Crippen molar-refractivity contribution < 1.29 is 18.1 Å². The highest BCUT2D eigenvalue weighted by Crippen LogP contribution is 2.50. The third-order valence-corrected chi connectivity index (χ3v) is 4.76. The van der Waals surface area contributed by atoms with Gasteiger partial charge in [0.15, 0.2) is 0 Å². The van der Waals surface area contributed by atoms with Crippen LogP contribution in [0.3, 0.4) is 0 Å². The van der Waals surface area contributed by atoms with Crippen molar-refractivity contribution in [1.82, 2.24) is 0 Å². The molecule has 0 radical (unpaired) electrons. The Morgan fingerprint density at radius 1 is 0.680 bits per heavy atom. The number of hydrogen-bond donors (Lipinski definition) is 0. The number of benzene rings is 3. The summed E-state index contributed by atoms with van der Waals surface area (Å²) in [5, 5.41) is 0. The predicted octanol–water partition coefficient (Wildman–Crippen LogP) is 5.95. The molecule has 0 aliphatic carbocycles. The lowest BCUT2D eigenvalue weighted by atomic mass is 10.1. The average Bonchev–Trinajstić information content (AvgIpc) is 2.59. The Kier molecular flexibility index (Phi) is 5.11. The molecule has 0 N–H and O–H groups in total. The van der Waals surface area contributed by atoms with Gasteiger partial charge in [-0.05, 0) is 55.3 Å². The summed E-state index contributed by atoms with van der Waals surface area (Å²) in [4.78, 5) is 0. The van der Waals surface area contributed by atoms with E-state index in [1.165, 1.54) is 0 Å². The van der Waals surface area contributed by atoms with Crippen LogP contribution >= 0.6 is 7.82 Å². The lowest BCUT2D eigenvalue weighted by molar-refractivity contribution is 0.297. The van der Waals surface area contributed by atoms with Crippen LogP contribution in [0.4, 0.5) is 0 Å². The predicted molar refractivity (Wildman–Crippen MR) is 98.3 cm³/mol. The van der Waals surface area contributed by atoms with Crippen molar-refractivity contribution in [3.63, 3.8) is 0 Å². The van der Waals surface area contributed by atoms with E-state index < -0.39 is 7.82 Å². The second kappa shape index (κ2) is 7.45. The van der Waals surface area contributed by atoms with Crippen molar-refractivity contribution in [2.24, 2.45) is 0 Å². The molecule has 3 rings (SSSR count). The lowest BCUT2D eigenvalue weighted by Crippen LogP contribution is -2.08. The molecule has 0 saturated heterocycles. The minimum Gasteiger partial charge on any atom is -0.386 e. The SMILES string of the molecule is Cc1ccc(C)c(OP(=O)(Oc2ccccc2)Oc2ccccc2)c1. The number of phosphoric acid groups is 1. The van der Waals surface area contributed by atoms with Crippen molar-refractivity contribution in [2.45, 2.75) is 13.8 Å². The Hall–Kier alpha value is -2.71. The van der Waals surface area contributed by atoms with Crippen LogP contribution in [0.1, 0.15) is 11.1 Å². The van der Waals surface area contributed by atoms with Crippen molar-refractivity contribution in [3.8, 4) is 17.2 Å². The van der Waals surface area contributed by atoms with Gasteiger partial charge < -0.3 is 13.6 Å². The maximum atomic E-state index is 13.3. The van der Waals surface area contributed by atoms with Gasteiger partial charge in [-0.3, -0.25) is 0 Å². The van der Waals surface area contributed by atoms with Crippen LogP contribution in [0.25, 0.3) is 0 Å². The highest BCUT2D eigenvalue weighted by Gasteiger charge is 2.33. The molecule has 0 heterocycles. The summed E-state index contributed by atoms with van der Waals surface area (Å²) in [6.45, 7) is 3.82. The van der Waals surface area contributed by atoms with Gasteiger partial charge in [-0.15, -0.1) is 0 Å². The zero-order chi connectivity index (χ0) is 17.7. The molecule has 0 bridgehead atoms. The highest BCUT2D eigenvalue weighted by molar-refractivity contribution is 7.49. The molecule has 3 aromatic carbocycles. The smallest absolute Gasteiger partial charge is 0.386 e. The van der Waals surface area contributed by atoms with Crippen molar-refractivity contribution in [2.75, 3.05) is 0 Å². The lowest BCUT2D eigenvalue weighted by Gasteiger charge is -2.20. The first kappa shape index (κ1) is 17.1. The molecule has 0 saturated carbocycles. The Balaban J connectivity index is 1.93. The van der Waals surface area contributed by atoms with Crippen LogP contribution in [0.2, 0.25) is 0 Å². The van der Waals surface area contributed by atoms with Crippen LogP contribution in [-0.4, -0.2) is 0 Å². The molecule has 128 valence electrons. The third-order valence-electron chi connectivity index (χ3n) is 3.47. The van der Waals surface area contributed by atoms with Gasteiger partial charge in [0.25, 0.3) is 0 Å². The first-order chi connectivity index (χ1) is 12.0. The first-order valence-electron chi connectivity index (χ1n) is 7.90. The number of phosphoric ester groups is 1. The number of aryl methyl sites for hydroxylation is 2. The Bertz CT molecular complexity index is 833. The molecule has 0 amide bonds. The van der Waals surface area contributed by atoms with Gasteiger partial charge in [-0.1, -0.05) is 48.5 Å². The van der Waals surface area contributed by atoms with Crippen molar-refractivity contribution in [3.05, 3.63) is 90.0 Å². The third kappa shape index (κ3) is 4.65. The van der Waals surface area contributed by atoms with Crippen LogP contribution in [-0.2, 0) is 4.57 Å². The molecule has 0 spiro atoms. The van der Waals surface area contributed by atoms with E-state index in [1.807, 2.05) is 44.2 Å². The van der Waals surface area contributed by atoms with E-state index in [2.05, 4.69) is 0 Å². The monoisotopic (exact) mass is 354 g/mol. The largest absolute Gasteiger partial charge is 0.647 e. The quantitative estimate of drug-likeness (QED) is 0.513. The fourth-order valence-corrected chi connectivity index (χ4v) is 3.51. The summed E-state index contributed by atoms with van der Waals surface area (Å²) in [5.41, 5.74) is 1.84. The molecule has 3 aromatic rings. The summed E-state index contributed by atoms with van der Waals surface area (Å²) in [5.74, 6) is 1.29. The van der Waals surface area contributed by atoms with E-state index in [4.69, 9.17) is 13.6 Å². The molecule has 0 atom stereocenters. The van der Waals surface area contributed by atoms with Crippen LogP contribution in [0.5, 0.6) is 17.2 Å². The Morgan fingerprint density at radius 2 is 1.20 bits per heavy atom. The molecule has 0 unspecified atom stereocenters. The molecule has 0 fully saturated rings. The zero-order valence-electron chi connectivity index (χ0n) is 14.1. The van der Waals surface area contributed by atoms with Gasteiger partial charge in [-0.2, -0.15) is 4.57 Å². The van der Waals surface area contributed by atoms with Crippen LogP contribution in [0.15, 0.2) is 78.9 Å². The second-order valence-electron chi connectivity index (χ2n) is 5.62. The molecule has 0 aliphatic heterocycles. The average molecular weight is 354 g/mol. The Labute approximate surface area is 147 Å². The van der Waals surface area contributed by atoms with Crippen molar-refractivity contribution in [1.29, 1.82) is 0 Å². The maximum Gasteiger partial charge on any atom is 0.647 e. The van der Waals surface area contributed by atoms with E-state index in [0.29, 0.717) is 17.2 Å². The topological polar surface area (TPSA) is 44.8 Å². The number of hydrogen-bond acceptors (Lipinski definition) is 4. The first-order valence-corrected chi connectivity index (χ1v) is 9.36. The fourth-order valence-electron chi connectivity index (χ4n) is 2.20. The summed E-state index contributed by atoms with van der Waals surface area (Å²) >= 11 is 0. The summed E-state index contributed by atoms with van der Waals surface area (Å²) in [6.07, 6.45) is 0. The highest BCUT2D eigenvalue weighted by atomic mass is 31.2. The van der Waals surface area contributed by atoms with E-state index in [0.717, 1.165) is 11.1 Å². The second-order valence-corrected chi connectivity index (χ2v) is 7.06. The molecule has 5 heteroatoms. The van der Waals surface area contributed by atoms with E-state index >= 15 is 0 Å². The van der Waals surface area contributed by atoms with Crippen molar-refractivity contribution >= 4 is 7.82 Å². The Morgan fingerprint density at radius 3 is 1.72 bits per heavy atom. The van der Waals surface area contributed by atoms with Crippen LogP contribution in [0, 0.1) is 13.8 Å². The normalized spacial score (nSPS) is 11.0. The van der Waals surface area contributed by atoms with Gasteiger partial charge >= 0.3 is 7.82 Å². The fraction of sp³-hybridized carbons (Fsp3) is 0.100. The van der Waals surface area contributed by atoms with Gasteiger partial charge in [0.2, 0.25) is 0 Å². The molecule has 0 aromatic heterocycles. The van der Waals surface area contributed by atoms with Gasteiger partial charge in [-0.25, -0.2) is 0 Å². The molecular formula is C20H19O4P. The zero-order valence-corrected chi connectivity index (χ0v) is 15.0. The van der Waals surface area contributed by atoms with Gasteiger partial charge in [0.1, 0.15) is 17.2 Å². The summed E-state index contributed by atoms with van der Waals surface area (Å²) in [7, 11) is -3.93. The molecule has 25 heavy (non-hydrogen) atoms. The molecular weight excluding hydrogens is 335 g/mol. The number of para-hydroxylation sites is 2. The minimum atomic E-state index is -3.93. The molecule has 4 nitrogen and oxygen atoms in total. The van der Waals surface area contributed by atoms with Gasteiger partial charge in [0, 0.05) is 0 Å². The minimum absolute atomic E-state index is 0.409. The van der Waals surface area contributed by atoms with E-state index in [9.17, 15) is 4.57 Å². The van der Waals surface area contributed by atoms with Gasteiger partial charge in [0.05, 0.1) is 0 Å². The number of rotatable bonds is 6. The standard InChI is InChI=1S/C20H19O4P/c1-16-13-14-17(2)20(15-16)24-25(21,22-18-9-5-3-6-10-18)23-19-11-7-4-8-12-19/h3-15H,1-2H3. The summed E-state index contributed by atoms with van der Waals surface area (Å²) in [6, 6.07) is 23.3. The van der Waals surface area contributed by atoms with E-state index in [1.54, 1.807) is 48.5 Å². The van der Waals surface area contributed by atoms with E-state index in [-0.39, 0.29) is 0 Å². The maximum absolute atomic E-state index is 13.3. The van der Waals surface area contributed by atoms with Crippen LogP contribution < -0.4 is 13.6 Å². The summed E-state index contributed by atoms with van der Waals surface area (Å²) < 4.78 is 30.3. The molecule has 0 aliphatic rings.